The van der Waals surface area contributed by atoms with E-state index in [9.17, 15) is 0 Å². The summed E-state index contributed by atoms with van der Waals surface area (Å²) in [7, 11) is 7.21. The number of hydrogen-bond donors (Lipinski definition) is 2. The van der Waals surface area contributed by atoms with Crippen LogP contribution in [0.25, 0.3) is 0 Å². The molecule has 0 aliphatic rings. The zero-order chi connectivity index (χ0) is 26.7. The van der Waals surface area contributed by atoms with E-state index in [0.29, 0.717) is 0 Å². The minimum atomic E-state index is 0.741. The second-order valence-electron chi connectivity index (χ2n) is 8.32. The molecule has 0 saturated carbocycles. The van der Waals surface area contributed by atoms with E-state index in [1.54, 1.807) is 36.9 Å². The van der Waals surface area contributed by atoms with Crippen molar-refractivity contribution in [1.82, 2.24) is 0 Å². The molecule has 2 aromatic heterocycles. The molecule has 0 amide bonds. The lowest BCUT2D eigenvalue weighted by atomic mass is 10.2. The van der Waals surface area contributed by atoms with Gasteiger partial charge in [0, 0.05) is 36.0 Å². The van der Waals surface area contributed by atoms with Gasteiger partial charge in [-0.2, -0.15) is 0 Å². The number of aromatic nitrogens is 2. The highest BCUT2D eigenvalue weighted by molar-refractivity contribution is 7.13. The molecule has 0 aliphatic heterocycles. The summed E-state index contributed by atoms with van der Waals surface area (Å²) in [6.45, 7) is 1.64. The Morgan fingerprint density at radius 3 is 1.50 bits per heavy atom. The number of hydrogen-bond acceptors (Lipinski definition) is 10. The smallest absolute Gasteiger partial charge is 0.408 e. The van der Waals surface area contributed by atoms with E-state index in [4.69, 9.17) is 9.47 Å². The molecule has 0 fully saturated rings. The Balaban J connectivity index is 1.23. The number of azo groups is 2. The molecule has 2 N–H and O–H groups in total. The van der Waals surface area contributed by atoms with Crippen molar-refractivity contribution in [3.63, 3.8) is 0 Å². The highest BCUT2D eigenvalue weighted by Gasteiger charge is 2.11. The first kappa shape index (κ1) is 27.1. The van der Waals surface area contributed by atoms with Gasteiger partial charge in [0.05, 0.1) is 49.9 Å². The predicted octanol–water partition coefficient (Wildman–Crippen LogP) is 6.61. The largest absolute Gasteiger partial charge is 0.495 e. The fourth-order valence-electron chi connectivity index (χ4n) is 3.52. The molecule has 4 rings (SSSR count). The zero-order valence-corrected chi connectivity index (χ0v) is 23.6. The van der Waals surface area contributed by atoms with Gasteiger partial charge in [-0.1, -0.05) is 0 Å². The normalized spacial score (nSPS) is 11.4. The molecular formula is C26H32N8O2S2+2. The molecular weight excluding hydrogens is 520 g/mol. The number of nitrogens with zero attached hydrogens (tertiary/aromatic N) is 6. The van der Waals surface area contributed by atoms with Gasteiger partial charge in [-0.15, -0.1) is 0 Å². The van der Waals surface area contributed by atoms with Crippen LogP contribution in [0, 0.1) is 0 Å². The molecule has 0 atom stereocenters. The monoisotopic (exact) mass is 552 g/mol. The van der Waals surface area contributed by atoms with Crippen molar-refractivity contribution in [1.29, 1.82) is 0 Å². The number of methoxy groups -OCH3 is 2. The van der Waals surface area contributed by atoms with E-state index < -0.39 is 0 Å². The molecule has 198 valence electrons. The fourth-order valence-corrected chi connectivity index (χ4v) is 4.88. The van der Waals surface area contributed by atoms with Crippen LogP contribution in [0.2, 0.25) is 0 Å². The molecule has 2 aromatic carbocycles. The van der Waals surface area contributed by atoms with Crippen molar-refractivity contribution < 1.29 is 18.6 Å². The van der Waals surface area contributed by atoms with Crippen LogP contribution in [0.4, 0.5) is 33.0 Å². The molecule has 0 radical (unpaired) electrons. The van der Waals surface area contributed by atoms with Crippen molar-refractivity contribution in [3.8, 4) is 11.5 Å². The third kappa shape index (κ3) is 7.33. The topological polar surface area (TPSA) is 99.7 Å². The van der Waals surface area contributed by atoms with Crippen molar-refractivity contribution in [3.05, 3.63) is 59.6 Å². The standard InChI is InChI=1S/C26H30N8O2S2/c1-33-13-15-37-25(33)31-29-19-7-9-21(23(17-19)35-3)27-11-5-6-12-28-22-10-8-20(18-24(22)36-4)30-32-26-34(2)14-16-38-26/h7-10,13-18H,5-6,11-12H2,1-4H3/p+2. The van der Waals surface area contributed by atoms with Gasteiger partial charge in [0.2, 0.25) is 0 Å². The van der Waals surface area contributed by atoms with Gasteiger partial charge in [0.1, 0.15) is 35.3 Å². The molecule has 0 unspecified atom stereocenters. The maximum absolute atomic E-state index is 5.55. The van der Waals surface area contributed by atoms with Crippen molar-refractivity contribution in [2.45, 2.75) is 12.8 Å². The van der Waals surface area contributed by atoms with E-state index in [1.807, 2.05) is 82.8 Å². The lowest BCUT2D eigenvalue weighted by Crippen LogP contribution is -2.23. The van der Waals surface area contributed by atoms with Gasteiger partial charge in [-0.05, 0) is 70.0 Å². The lowest BCUT2D eigenvalue weighted by Gasteiger charge is -2.13. The van der Waals surface area contributed by atoms with E-state index in [1.165, 1.54) is 0 Å². The van der Waals surface area contributed by atoms with Crippen LogP contribution in [0.5, 0.6) is 11.5 Å². The second-order valence-corrected chi connectivity index (χ2v) is 10.1. The summed E-state index contributed by atoms with van der Waals surface area (Å²) < 4.78 is 15.0. The fraction of sp³-hybridized carbons (Fsp3) is 0.308. The van der Waals surface area contributed by atoms with Crippen LogP contribution in [0.1, 0.15) is 12.8 Å². The van der Waals surface area contributed by atoms with E-state index in [-0.39, 0.29) is 0 Å². The van der Waals surface area contributed by atoms with Crippen molar-refractivity contribution in [2.24, 2.45) is 34.6 Å². The minimum absolute atomic E-state index is 0.741. The SMILES string of the molecule is COc1cc(/N=N/c2scc[n+]2C)ccc1NCCCCNc1ccc(/N=N/c2scc[n+]2C)cc1OC. The van der Waals surface area contributed by atoms with Crippen LogP contribution in [0.15, 0.2) is 80.0 Å². The van der Waals surface area contributed by atoms with Crippen molar-refractivity contribution >= 4 is 55.7 Å². The van der Waals surface area contributed by atoms with E-state index >= 15 is 0 Å². The van der Waals surface area contributed by atoms with Crippen LogP contribution in [0.3, 0.4) is 0 Å². The Bertz CT molecular complexity index is 1290. The zero-order valence-electron chi connectivity index (χ0n) is 21.9. The molecule has 0 spiro atoms. The van der Waals surface area contributed by atoms with Crippen LogP contribution >= 0.6 is 22.7 Å². The number of anilines is 2. The quantitative estimate of drug-likeness (QED) is 0.111. The molecule has 38 heavy (non-hydrogen) atoms. The second kappa shape index (κ2) is 13.6. The Hall–Kier alpha value is -3.90. The Morgan fingerprint density at radius 1 is 0.684 bits per heavy atom. The number of thiazole rings is 2. The average molecular weight is 553 g/mol. The average Bonchev–Trinajstić information content (AvgIpc) is 3.55. The summed E-state index contributed by atoms with van der Waals surface area (Å²) in [4.78, 5) is 0. The summed E-state index contributed by atoms with van der Waals surface area (Å²) in [5.74, 6) is 1.48. The lowest BCUT2D eigenvalue weighted by molar-refractivity contribution is -0.654. The van der Waals surface area contributed by atoms with Crippen LogP contribution in [-0.2, 0) is 14.1 Å². The molecule has 2 heterocycles. The first-order valence-electron chi connectivity index (χ1n) is 12.1. The van der Waals surface area contributed by atoms with Crippen LogP contribution < -0.4 is 29.2 Å². The maximum atomic E-state index is 5.55. The number of rotatable bonds is 13. The first-order chi connectivity index (χ1) is 18.6. The Labute approximate surface area is 230 Å². The molecule has 0 bridgehead atoms. The predicted molar refractivity (Wildman–Crippen MR) is 152 cm³/mol. The number of ether oxygens (including phenoxy) is 2. The van der Waals surface area contributed by atoms with Gasteiger partial charge in [-0.3, -0.25) is 0 Å². The highest BCUT2D eigenvalue weighted by Crippen LogP contribution is 2.32. The third-order valence-electron chi connectivity index (χ3n) is 5.63. The van der Waals surface area contributed by atoms with Gasteiger partial charge >= 0.3 is 10.3 Å². The first-order valence-corrected chi connectivity index (χ1v) is 13.9. The molecule has 0 aliphatic carbocycles. The molecule has 12 heteroatoms. The van der Waals surface area contributed by atoms with E-state index in [0.717, 1.165) is 70.4 Å². The van der Waals surface area contributed by atoms with Gasteiger partial charge in [0.15, 0.2) is 0 Å². The number of benzene rings is 2. The van der Waals surface area contributed by atoms with E-state index in [2.05, 4.69) is 31.1 Å². The number of aryl methyl sites for hydroxylation is 2. The Kier molecular flexibility index (Phi) is 9.71. The maximum Gasteiger partial charge on any atom is 0.408 e. The van der Waals surface area contributed by atoms with Crippen LogP contribution in [-0.4, -0.2) is 27.3 Å². The minimum Gasteiger partial charge on any atom is -0.495 e. The molecule has 10 nitrogen and oxygen atoms in total. The third-order valence-corrected chi connectivity index (χ3v) is 7.30. The summed E-state index contributed by atoms with van der Waals surface area (Å²) in [6.07, 6.45) is 5.88. The number of unbranched alkanes of at least 4 members (excludes halogenated alkanes) is 1. The number of nitrogens with one attached hydrogen (secondary N) is 2. The van der Waals surface area contributed by atoms with Gasteiger partial charge < -0.3 is 20.1 Å². The van der Waals surface area contributed by atoms with Gasteiger partial charge in [0.25, 0.3) is 0 Å². The summed E-state index contributed by atoms with van der Waals surface area (Å²) in [6, 6.07) is 11.6. The van der Waals surface area contributed by atoms with Gasteiger partial charge in [-0.25, -0.2) is 9.13 Å². The summed E-state index contributed by atoms with van der Waals surface area (Å²) in [5, 5.41) is 29.8. The van der Waals surface area contributed by atoms with Crippen molar-refractivity contribution in [2.75, 3.05) is 37.9 Å². The molecule has 0 saturated heterocycles. The highest BCUT2D eigenvalue weighted by atomic mass is 32.1. The summed E-state index contributed by atoms with van der Waals surface area (Å²) in [5.41, 5.74) is 3.35. The Morgan fingerprint density at radius 2 is 1.13 bits per heavy atom. The summed E-state index contributed by atoms with van der Waals surface area (Å²) >= 11 is 3.08. The molecule has 4 aromatic rings.